The van der Waals surface area contributed by atoms with Gasteiger partial charge in [0.25, 0.3) is 0 Å². The molecule has 0 aliphatic carbocycles. The van der Waals surface area contributed by atoms with Crippen LogP contribution in [0.5, 0.6) is 0 Å². The predicted molar refractivity (Wildman–Crippen MR) is 112 cm³/mol. The van der Waals surface area contributed by atoms with Gasteiger partial charge in [0.2, 0.25) is 0 Å². The Hall–Kier alpha value is -0.666. The average Bonchev–Trinajstić information content (AvgIpc) is 2.85. The maximum atomic E-state index is 4.60. The van der Waals surface area contributed by atoms with Crippen LogP contribution in [0.2, 0.25) is 51.4 Å². The van der Waals surface area contributed by atoms with Crippen LogP contribution in [0, 0.1) is 0 Å². The van der Waals surface area contributed by atoms with Crippen molar-refractivity contribution in [3.63, 3.8) is 0 Å². The minimum Gasteiger partial charge on any atom is -0.315 e. The molecule has 0 spiro atoms. The second-order valence-electron chi connectivity index (χ2n) is 8.97. The van der Waals surface area contributed by atoms with Gasteiger partial charge < -0.3 is 4.57 Å². The van der Waals surface area contributed by atoms with E-state index in [9.17, 15) is 0 Å². The Morgan fingerprint density at radius 3 is 2.25 bits per heavy atom. The molecule has 0 fully saturated rings. The summed E-state index contributed by atoms with van der Waals surface area (Å²) in [6.45, 7) is 15.6. The molecule has 0 radical (unpaired) electrons. The molecule has 0 aromatic carbocycles. The molecule has 0 N–H and O–H groups in total. The summed E-state index contributed by atoms with van der Waals surface area (Å²) in [5.41, 5.74) is 1.97. The molecule has 2 aromatic rings. The number of nitrogens with zero attached hydrogens (tertiary/aromatic N) is 4. The molecular weight excluding hydrogens is 348 g/mol. The van der Waals surface area contributed by atoms with Crippen molar-refractivity contribution in [3.05, 3.63) is 12.7 Å². The zero-order chi connectivity index (χ0) is 17.8. The molecule has 2 rings (SSSR count). The van der Waals surface area contributed by atoms with Gasteiger partial charge in [0.05, 0.1) is 6.33 Å². The van der Waals surface area contributed by atoms with Crippen molar-refractivity contribution in [2.75, 3.05) is 5.75 Å². The summed E-state index contributed by atoms with van der Waals surface area (Å²) in [5, 5.41) is 1.04. The number of aromatic nitrogens is 4. The molecule has 24 heavy (non-hydrogen) atoms. The first-order chi connectivity index (χ1) is 11.2. The Bertz CT molecular complexity index is 659. The van der Waals surface area contributed by atoms with Crippen molar-refractivity contribution in [2.45, 2.75) is 75.8 Å². The first-order valence-electron chi connectivity index (χ1n) is 8.94. The summed E-state index contributed by atoms with van der Waals surface area (Å²) < 4.78 is 2.20. The van der Waals surface area contributed by atoms with Crippen LogP contribution in [0.4, 0.5) is 0 Å². The smallest absolute Gasteiger partial charge is 0.164 e. The van der Waals surface area contributed by atoms with E-state index >= 15 is 0 Å². The van der Waals surface area contributed by atoms with Crippen LogP contribution in [0.15, 0.2) is 17.7 Å². The fourth-order valence-corrected chi connectivity index (χ4v) is 6.28. The van der Waals surface area contributed by atoms with E-state index in [2.05, 4.69) is 58.8 Å². The standard InChI is InChI=1S/C17H32N4SSi2/c1-23(2,3)11-7-9-21-14-20-15-16(21)18-13-19-17(15)22-10-8-12-24(4,5)6/h13-14H,7-12H2,1-6H3. The van der Waals surface area contributed by atoms with Crippen LogP contribution < -0.4 is 0 Å². The summed E-state index contributed by atoms with van der Waals surface area (Å²) in [4.78, 5) is 13.5. The van der Waals surface area contributed by atoms with E-state index in [0.717, 1.165) is 28.5 Å². The van der Waals surface area contributed by atoms with Gasteiger partial charge in [-0.3, -0.25) is 0 Å². The van der Waals surface area contributed by atoms with Gasteiger partial charge in [-0.1, -0.05) is 51.4 Å². The molecular formula is C17H32N4SSi2. The molecule has 2 heterocycles. The van der Waals surface area contributed by atoms with Crippen LogP contribution >= 0.6 is 11.8 Å². The highest BCUT2D eigenvalue weighted by Crippen LogP contribution is 2.25. The van der Waals surface area contributed by atoms with Gasteiger partial charge in [-0.25, -0.2) is 15.0 Å². The molecule has 0 unspecified atom stereocenters. The zero-order valence-electron chi connectivity index (χ0n) is 16.1. The first kappa shape index (κ1) is 19.7. The van der Waals surface area contributed by atoms with Gasteiger partial charge in [0.15, 0.2) is 5.65 Å². The third kappa shape index (κ3) is 6.33. The van der Waals surface area contributed by atoms with Crippen molar-refractivity contribution in [2.24, 2.45) is 0 Å². The number of imidazole rings is 1. The normalized spacial score (nSPS) is 12.9. The highest BCUT2D eigenvalue weighted by molar-refractivity contribution is 7.99. The van der Waals surface area contributed by atoms with Gasteiger partial charge in [0.1, 0.15) is 16.9 Å². The lowest BCUT2D eigenvalue weighted by Gasteiger charge is -2.15. The third-order valence-electron chi connectivity index (χ3n) is 4.00. The molecule has 0 atom stereocenters. The molecule has 4 nitrogen and oxygen atoms in total. The average molecular weight is 381 g/mol. The summed E-state index contributed by atoms with van der Waals surface area (Å²) >= 11 is 1.83. The lowest BCUT2D eigenvalue weighted by atomic mass is 10.4. The molecule has 2 aromatic heterocycles. The van der Waals surface area contributed by atoms with E-state index in [1.54, 1.807) is 6.33 Å². The van der Waals surface area contributed by atoms with Crippen molar-refractivity contribution >= 4 is 39.1 Å². The monoisotopic (exact) mass is 380 g/mol. The highest BCUT2D eigenvalue weighted by Gasteiger charge is 2.15. The second-order valence-corrected chi connectivity index (χ2v) is 21.3. The van der Waals surface area contributed by atoms with Gasteiger partial charge in [0, 0.05) is 22.7 Å². The molecule has 0 amide bonds. The van der Waals surface area contributed by atoms with E-state index in [4.69, 9.17) is 0 Å². The summed E-state index contributed by atoms with van der Waals surface area (Å²) in [6.07, 6.45) is 6.11. The number of aryl methyl sites for hydroxylation is 1. The Balaban J connectivity index is 1.98. The zero-order valence-corrected chi connectivity index (χ0v) is 18.9. The second kappa shape index (κ2) is 8.14. The van der Waals surface area contributed by atoms with Gasteiger partial charge in [-0.2, -0.15) is 0 Å². The number of rotatable bonds is 9. The SMILES string of the molecule is C[Si](C)(C)CCCSc1ncnc2c1ncn2CCC[Si](C)(C)C. The molecule has 0 aliphatic rings. The quantitative estimate of drug-likeness (QED) is 0.254. The number of hydrogen-bond acceptors (Lipinski definition) is 4. The fraction of sp³-hybridized carbons (Fsp3) is 0.706. The van der Waals surface area contributed by atoms with Crippen LogP contribution in [0.1, 0.15) is 12.8 Å². The first-order valence-corrected chi connectivity index (χ1v) is 17.3. The van der Waals surface area contributed by atoms with E-state index in [1.165, 1.54) is 24.9 Å². The largest absolute Gasteiger partial charge is 0.315 e. The van der Waals surface area contributed by atoms with E-state index < -0.39 is 16.1 Å². The maximum absolute atomic E-state index is 4.60. The van der Waals surface area contributed by atoms with Crippen LogP contribution in [0.3, 0.4) is 0 Å². The molecule has 0 bridgehead atoms. The lowest BCUT2D eigenvalue weighted by molar-refractivity contribution is 0.685. The number of thioether (sulfide) groups is 1. The molecule has 0 aliphatic heterocycles. The Morgan fingerprint density at radius 1 is 0.917 bits per heavy atom. The van der Waals surface area contributed by atoms with Gasteiger partial charge in [-0.05, 0) is 18.6 Å². The number of hydrogen-bond donors (Lipinski definition) is 0. The highest BCUT2D eigenvalue weighted by atomic mass is 32.2. The van der Waals surface area contributed by atoms with E-state index in [-0.39, 0.29) is 0 Å². The van der Waals surface area contributed by atoms with Crippen molar-refractivity contribution in [1.82, 2.24) is 19.5 Å². The Kier molecular flexibility index (Phi) is 6.67. The maximum Gasteiger partial charge on any atom is 0.164 e. The van der Waals surface area contributed by atoms with E-state index in [0.29, 0.717) is 0 Å². The van der Waals surface area contributed by atoms with Crippen LogP contribution in [0.25, 0.3) is 11.2 Å². The minimum absolute atomic E-state index is 0.938. The Morgan fingerprint density at radius 2 is 1.58 bits per heavy atom. The van der Waals surface area contributed by atoms with Crippen molar-refractivity contribution < 1.29 is 0 Å². The van der Waals surface area contributed by atoms with Gasteiger partial charge in [-0.15, -0.1) is 11.8 Å². The van der Waals surface area contributed by atoms with Crippen LogP contribution in [-0.2, 0) is 6.54 Å². The summed E-state index contributed by atoms with van der Waals surface area (Å²) in [6, 6.07) is 2.72. The van der Waals surface area contributed by atoms with Crippen molar-refractivity contribution in [3.8, 4) is 0 Å². The Labute approximate surface area is 152 Å². The molecule has 0 saturated heterocycles. The molecule has 7 heteroatoms. The third-order valence-corrected chi connectivity index (χ3v) is 8.78. The molecule has 134 valence electrons. The minimum atomic E-state index is -0.974. The fourth-order valence-electron chi connectivity index (χ4n) is 2.68. The topological polar surface area (TPSA) is 43.6 Å². The summed E-state index contributed by atoms with van der Waals surface area (Å²) in [7, 11) is -1.91. The lowest BCUT2D eigenvalue weighted by Crippen LogP contribution is -2.19. The summed E-state index contributed by atoms with van der Waals surface area (Å²) in [5.74, 6) is 1.12. The van der Waals surface area contributed by atoms with Crippen LogP contribution in [-0.4, -0.2) is 41.4 Å². The molecule has 0 saturated carbocycles. The van der Waals surface area contributed by atoms with Crippen molar-refractivity contribution in [1.29, 1.82) is 0 Å². The van der Waals surface area contributed by atoms with E-state index in [1.807, 2.05) is 18.1 Å². The number of fused-ring (bicyclic) bond motifs is 1. The van der Waals surface area contributed by atoms with Gasteiger partial charge >= 0.3 is 0 Å². The predicted octanol–water partition coefficient (Wildman–Crippen LogP) is 5.38.